The molecular weight excluding hydrogens is 254 g/mol. The molecule has 1 atom stereocenters. The molecule has 0 spiro atoms. The highest BCUT2D eigenvalue weighted by molar-refractivity contribution is 5.12. The Morgan fingerprint density at radius 3 is 2.45 bits per heavy atom. The molecule has 2 rings (SSSR count). The number of nitrogens with zero attached hydrogens (tertiary/aromatic N) is 4. The van der Waals surface area contributed by atoms with Crippen LogP contribution in [0.3, 0.4) is 0 Å². The Bertz CT molecular complexity index is 462. The van der Waals surface area contributed by atoms with Crippen LogP contribution in [-0.2, 0) is 5.41 Å². The third-order valence-electron chi connectivity index (χ3n) is 4.74. The van der Waals surface area contributed by atoms with Crippen LogP contribution in [0.4, 0.5) is 0 Å². The van der Waals surface area contributed by atoms with Gasteiger partial charge in [-0.05, 0) is 41.8 Å². The smallest absolute Gasteiger partial charge is 0.234 e. The fourth-order valence-corrected chi connectivity index (χ4v) is 2.19. The van der Waals surface area contributed by atoms with Crippen LogP contribution in [0.2, 0.25) is 0 Å². The highest BCUT2D eigenvalue weighted by Crippen LogP contribution is 2.33. The number of nitrogens with two attached hydrogens (primary N) is 1. The molecule has 1 unspecified atom stereocenters. The van der Waals surface area contributed by atoms with E-state index in [1.165, 1.54) is 0 Å². The van der Waals surface area contributed by atoms with Gasteiger partial charge in [-0.3, -0.25) is 4.90 Å². The van der Waals surface area contributed by atoms with E-state index in [4.69, 9.17) is 10.3 Å². The molecule has 1 aromatic rings. The largest absolute Gasteiger partial charge is 0.339 e. The molecule has 1 aromatic heterocycles. The minimum Gasteiger partial charge on any atom is -0.339 e. The third kappa shape index (κ3) is 2.73. The van der Waals surface area contributed by atoms with Crippen molar-refractivity contribution in [3.05, 3.63) is 11.7 Å². The van der Waals surface area contributed by atoms with Gasteiger partial charge < -0.3 is 15.2 Å². The maximum atomic E-state index is 6.24. The van der Waals surface area contributed by atoms with Gasteiger partial charge in [0, 0.05) is 25.2 Å². The lowest BCUT2D eigenvalue weighted by Crippen LogP contribution is -2.50. The summed E-state index contributed by atoms with van der Waals surface area (Å²) in [6.45, 7) is 11.1. The van der Waals surface area contributed by atoms with Crippen LogP contribution in [0, 0.1) is 0 Å². The molecule has 6 heteroatoms. The Morgan fingerprint density at radius 1 is 1.20 bits per heavy atom. The van der Waals surface area contributed by atoms with Gasteiger partial charge in [-0.25, -0.2) is 0 Å². The maximum Gasteiger partial charge on any atom is 0.234 e. The van der Waals surface area contributed by atoms with E-state index in [0.29, 0.717) is 5.89 Å². The molecule has 0 bridgehead atoms. The van der Waals surface area contributed by atoms with Gasteiger partial charge in [-0.1, -0.05) is 5.16 Å². The summed E-state index contributed by atoms with van der Waals surface area (Å²) >= 11 is 0. The summed E-state index contributed by atoms with van der Waals surface area (Å²) in [5.74, 6) is 1.37. The number of hydrogen-bond donors (Lipinski definition) is 1. The predicted molar refractivity (Wildman–Crippen MR) is 78.5 cm³/mol. The molecule has 1 fully saturated rings. The number of aromatic nitrogens is 2. The molecule has 0 saturated carbocycles. The zero-order valence-corrected chi connectivity index (χ0v) is 13.5. The van der Waals surface area contributed by atoms with E-state index in [2.05, 4.69) is 34.0 Å². The normalized spacial score (nSPS) is 23.2. The van der Waals surface area contributed by atoms with Crippen molar-refractivity contribution in [2.45, 2.75) is 44.7 Å². The van der Waals surface area contributed by atoms with Gasteiger partial charge in [-0.15, -0.1) is 0 Å². The van der Waals surface area contributed by atoms with Crippen molar-refractivity contribution in [1.82, 2.24) is 19.9 Å². The van der Waals surface area contributed by atoms with E-state index in [9.17, 15) is 0 Å². The van der Waals surface area contributed by atoms with Crippen LogP contribution in [0.1, 0.15) is 45.5 Å². The minimum atomic E-state index is -0.425. The minimum absolute atomic E-state index is 0.183. The Kier molecular flexibility index (Phi) is 3.92. The quantitative estimate of drug-likeness (QED) is 0.891. The molecule has 0 radical (unpaired) electrons. The van der Waals surface area contributed by atoms with Crippen molar-refractivity contribution in [2.24, 2.45) is 5.73 Å². The van der Waals surface area contributed by atoms with Gasteiger partial charge in [0.25, 0.3) is 0 Å². The van der Waals surface area contributed by atoms with E-state index in [1.807, 2.05) is 27.7 Å². The first-order chi connectivity index (χ1) is 9.13. The second-order valence-electron chi connectivity index (χ2n) is 7.06. The fourth-order valence-electron chi connectivity index (χ4n) is 2.19. The van der Waals surface area contributed by atoms with Crippen molar-refractivity contribution < 1.29 is 4.52 Å². The van der Waals surface area contributed by atoms with Gasteiger partial charge >= 0.3 is 0 Å². The molecule has 2 heterocycles. The monoisotopic (exact) mass is 281 g/mol. The molecule has 0 aromatic carbocycles. The molecule has 114 valence electrons. The average molecular weight is 281 g/mol. The van der Waals surface area contributed by atoms with Gasteiger partial charge in [0.2, 0.25) is 5.89 Å². The first-order valence-corrected chi connectivity index (χ1v) is 7.14. The van der Waals surface area contributed by atoms with E-state index in [-0.39, 0.29) is 11.5 Å². The second kappa shape index (κ2) is 5.09. The standard InChI is InChI=1S/C14H27N5O/c1-13(2,14(3,4)15)12-16-11(17-20-12)10-9-18(5)7-8-19(10)6/h10H,7-9,15H2,1-6H3. The molecule has 20 heavy (non-hydrogen) atoms. The van der Waals surface area contributed by atoms with Crippen molar-refractivity contribution in [3.63, 3.8) is 0 Å². The highest BCUT2D eigenvalue weighted by Gasteiger charge is 2.41. The first kappa shape index (κ1) is 15.4. The fraction of sp³-hybridized carbons (Fsp3) is 0.857. The summed E-state index contributed by atoms with van der Waals surface area (Å²) in [5.41, 5.74) is 5.45. The summed E-state index contributed by atoms with van der Waals surface area (Å²) in [5, 5.41) is 4.19. The topological polar surface area (TPSA) is 71.4 Å². The number of likely N-dealkylation sites (N-methyl/N-ethyl adjacent to an activating group) is 2. The molecule has 1 aliphatic rings. The zero-order valence-electron chi connectivity index (χ0n) is 13.5. The Balaban J connectivity index is 2.25. The lowest BCUT2D eigenvalue weighted by atomic mass is 9.75. The van der Waals surface area contributed by atoms with Gasteiger partial charge in [0.1, 0.15) is 0 Å². The summed E-state index contributed by atoms with van der Waals surface area (Å²) in [6.07, 6.45) is 0. The molecule has 1 saturated heterocycles. The van der Waals surface area contributed by atoms with E-state index < -0.39 is 5.54 Å². The SMILES string of the molecule is CN1CCN(C)C(c2noc(C(C)(C)C(C)(C)N)n2)C1. The molecule has 1 aliphatic heterocycles. The summed E-state index contributed by atoms with van der Waals surface area (Å²) in [6, 6.07) is 0.183. The predicted octanol–water partition coefficient (Wildman–Crippen LogP) is 1.00. The first-order valence-electron chi connectivity index (χ1n) is 7.14. The Hall–Kier alpha value is -0.980. The number of hydrogen-bond acceptors (Lipinski definition) is 6. The maximum absolute atomic E-state index is 6.24. The average Bonchev–Trinajstić information content (AvgIpc) is 2.80. The zero-order chi connectivity index (χ0) is 15.1. The summed E-state index contributed by atoms with van der Waals surface area (Å²) in [7, 11) is 4.22. The number of rotatable bonds is 3. The van der Waals surface area contributed by atoms with E-state index in [0.717, 1.165) is 25.5 Å². The van der Waals surface area contributed by atoms with Crippen LogP contribution in [-0.4, -0.2) is 59.2 Å². The van der Waals surface area contributed by atoms with Gasteiger partial charge in [0.05, 0.1) is 11.5 Å². The van der Waals surface area contributed by atoms with Crippen LogP contribution < -0.4 is 5.73 Å². The van der Waals surface area contributed by atoms with Gasteiger partial charge in [0.15, 0.2) is 5.82 Å². The summed E-state index contributed by atoms with van der Waals surface area (Å²) < 4.78 is 5.51. The lowest BCUT2D eigenvalue weighted by Gasteiger charge is -2.36. The highest BCUT2D eigenvalue weighted by atomic mass is 16.5. The van der Waals surface area contributed by atoms with Crippen molar-refractivity contribution in [2.75, 3.05) is 33.7 Å². The van der Waals surface area contributed by atoms with Crippen LogP contribution in [0.25, 0.3) is 0 Å². The molecule has 0 amide bonds. The third-order valence-corrected chi connectivity index (χ3v) is 4.74. The van der Waals surface area contributed by atoms with Crippen LogP contribution in [0.15, 0.2) is 4.52 Å². The van der Waals surface area contributed by atoms with Gasteiger partial charge in [-0.2, -0.15) is 4.98 Å². The van der Waals surface area contributed by atoms with Crippen LogP contribution in [0.5, 0.6) is 0 Å². The molecule has 0 aliphatic carbocycles. The Morgan fingerprint density at radius 2 is 1.85 bits per heavy atom. The molecule has 6 nitrogen and oxygen atoms in total. The van der Waals surface area contributed by atoms with Crippen molar-refractivity contribution >= 4 is 0 Å². The lowest BCUT2D eigenvalue weighted by molar-refractivity contribution is 0.108. The Labute approximate surface area is 121 Å². The van der Waals surface area contributed by atoms with E-state index in [1.54, 1.807) is 0 Å². The van der Waals surface area contributed by atoms with E-state index >= 15 is 0 Å². The number of piperazine rings is 1. The molecular formula is C14H27N5O. The molecule has 2 N–H and O–H groups in total. The second-order valence-corrected chi connectivity index (χ2v) is 7.06. The van der Waals surface area contributed by atoms with Crippen molar-refractivity contribution in [1.29, 1.82) is 0 Å². The van der Waals surface area contributed by atoms with Crippen LogP contribution >= 0.6 is 0 Å². The summed E-state index contributed by atoms with van der Waals surface area (Å²) in [4.78, 5) is 9.19. The van der Waals surface area contributed by atoms with Crippen molar-refractivity contribution in [3.8, 4) is 0 Å².